The average Bonchev–Trinajstić information content (AvgIpc) is 2.76. The van der Waals surface area contributed by atoms with Crippen LogP contribution in [0.4, 0.5) is 10.1 Å². The molecule has 0 spiro atoms. The lowest BCUT2D eigenvalue weighted by Crippen LogP contribution is -1.87. The van der Waals surface area contributed by atoms with Crippen molar-refractivity contribution in [1.82, 2.24) is 0 Å². The third-order valence-corrected chi connectivity index (χ3v) is 4.82. The van der Waals surface area contributed by atoms with Crippen LogP contribution in [0.2, 0.25) is 0 Å². The summed E-state index contributed by atoms with van der Waals surface area (Å²) in [6, 6.07) is 7.10. The number of halogens is 1. The molecule has 0 amide bonds. The zero-order chi connectivity index (χ0) is 14.0. The highest BCUT2D eigenvalue weighted by atomic mass is 32.2. The number of nitrogens with zero attached hydrogens (tertiary/aromatic N) is 1. The number of nitro groups is 1. The van der Waals surface area contributed by atoms with Crippen molar-refractivity contribution in [3.63, 3.8) is 0 Å². The summed E-state index contributed by atoms with van der Waals surface area (Å²) in [5.74, 6) is -0.352. The van der Waals surface area contributed by atoms with Crippen molar-refractivity contribution in [2.24, 2.45) is 0 Å². The van der Waals surface area contributed by atoms with E-state index in [0.717, 1.165) is 0 Å². The summed E-state index contributed by atoms with van der Waals surface area (Å²) < 4.78 is 13.3. The van der Waals surface area contributed by atoms with Gasteiger partial charge in [0.25, 0.3) is 5.69 Å². The highest BCUT2D eigenvalue weighted by molar-refractivity contribution is 8.01. The molecule has 2 rings (SSSR count). The Morgan fingerprint density at radius 1 is 1.42 bits per heavy atom. The van der Waals surface area contributed by atoms with Crippen LogP contribution in [0, 0.1) is 15.9 Å². The molecule has 0 fully saturated rings. The molecule has 1 N–H and O–H groups in total. The quantitative estimate of drug-likeness (QED) is 0.684. The lowest BCUT2D eigenvalue weighted by atomic mass is 10.3. The Kier molecular flexibility index (Phi) is 4.18. The molecule has 0 aliphatic heterocycles. The molecule has 19 heavy (non-hydrogen) atoms. The van der Waals surface area contributed by atoms with Gasteiger partial charge in [-0.3, -0.25) is 10.1 Å². The number of aliphatic hydroxyl groups excluding tert-OH is 1. The van der Waals surface area contributed by atoms with Crippen molar-refractivity contribution in [2.75, 3.05) is 0 Å². The lowest BCUT2D eigenvalue weighted by molar-refractivity contribution is -0.387. The van der Waals surface area contributed by atoms with Crippen molar-refractivity contribution in [2.45, 2.75) is 22.1 Å². The fraction of sp³-hybridized carbons (Fsp3) is 0.167. The maximum Gasteiger partial charge on any atom is 0.294 e. The van der Waals surface area contributed by atoms with Crippen molar-refractivity contribution in [1.29, 1.82) is 0 Å². The first-order valence-corrected chi connectivity index (χ1v) is 7.00. The van der Waals surface area contributed by atoms with Gasteiger partial charge in [-0.2, -0.15) is 0 Å². The summed E-state index contributed by atoms with van der Waals surface area (Å²) in [6.07, 6.45) is -0.744. The molecule has 2 aromatic rings. The van der Waals surface area contributed by atoms with E-state index in [1.807, 2.05) is 0 Å². The van der Waals surface area contributed by atoms with Crippen molar-refractivity contribution < 1.29 is 14.4 Å². The molecule has 100 valence electrons. The van der Waals surface area contributed by atoms with Crippen LogP contribution in [-0.2, 0) is 0 Å². The van der Waals surface area contributed by atoms with E-state index in [1.54, 1.807) is 19.1 Å². The molecule has 1 heterocycles. The molecule has 1 aromatic carbocycles. The number of benzene rings is 1. The highest BCUT2D eigenvalue weighted by Crippen LogP contribution is 2.42. The number of aliphatic hydroxyl groups is 1. The molecular weight excluding hydrogens is 289 g/mol. The first kappa shape index (κ1) is 14.0. The normalized spacial score (nSPS) is 12.4. The second-order valence-corrected chi connectivity index (χ2v) is 6.24. The van der Waals surface area contributed by atoms with Crippen molar-refractivity contribution >= 4 is 28.8 Å². The fourth-order valence-corrected chi connectivity index (χ4v) is 3.66. The Bertz CT molecular complexity index is 596. The van der Waals surface area contributed by atoms with Gasteiger partial charge in [0.2, 0.25) is 0 Å². The number of thiophene rings is 1. The van der Waals surface area contributed by atoms with E-state index >= 15 is 0 Å². The van der Waals surface area contributed by atoms with Crippen LogP contribution >= 0.6 is 23.1 Å². The summed E-state index contributed by atoms with van der Waals surface area (Å²) >= 11 is 2.36. The van der Waals surface area contributed by atoms with Crippen LogP contribution in [0.25, 0.3) is 0 Å². The first-order valence-electron chi connectivity index (χ1n) is 5.37. The molecule has 0 aliphatic carbocycles. The van der Waals surface area contributed by atoms with E-state index in [9.17, 15) is 19.6 Å². The van der Waals surface area contributed by atoms with Gasteiger partial charge in [-0.15, -0.1) is 11.3 Å². The summed E-state index contributed by atoms with van der Waals surface area (Å²) in [6.45, 7) is 1.56. The van der Waals surface area contributed by atoms with E-state index in [1.165, 1.54) is 41.3 Å². The second kappa shape index (κ2) is 5.68. The van der Waals surface area contributed by atoms with Gasteiger partial charge in [-0.1, -0.05) is 11.8 Å². The monoisotopic (exact) mass is 299 g/mol. The molecule has 0 unspecified atom stereocenters. The number of hydrogen-bond acceptors (Lipinski definition) is 5. The Morgan fingerprint density at radius 3 is 2.58 bits per heavy atom. The first-order chi connectivity index (χ1) is 8.97. The van der Waals surface area contributed by atoms with Crippen LogP contribution in [0.5, 0.6) is 0 Å². The Balaban J connectivity index is 2.33. The van der Waals surface area contributed by atoms with Gasteiger partial charge in [0.1, 0.15) is 10.0 Å². The summed E-state index contributed by atoms with van der Waals surface area (Å²) in [4.78, 5) is 11.7. The van der Waals surface area contributed by atoms with Crippen molar-refractivity contribution in [3.8, 4) is 0 Å². The second-order valence-electron chi connectivity index (χ2n) is 3.81. The topological polar surface area (TPSA) is 63.4 Å². The van der Waals surface area contributed by atoms with E-state index < -0.39 is 11.0 Å². The number of hydrogen-bond donors (Lipinski definition) is 1. The maximum atomic E-state index is 12.8. The van der Waals surface area contributed by atoms with Gasteiger partial charge in [-0.25, -0.2) is 4.39 Å². The van der Waals surface area contributed by atoms with Gasteiger partial charge in [-0.05, 0) is 31.2 Å². The predicted molar refractivity (Wildman–Crippen MR) is 72.1 cm³/mol. The molecule has 0 radical (unpaired) electrons. The van der Waals surface area contributed by atoms with Gasteiger partial charge < -0.3 is 5.11 Å². The maximum absolute atomic E-state index is 12.8. The molecule has 7 heteroatoms. The molecular formula is C12H10FNO3S2. The zero-order valence-electron chi connectivity index (χ0n) is 9.87. The minimum Gasteiger partial charge on any atom is -0.388 e. The third kappa shape index (κ3) is 3.31. The van der Waals surface area contributed by atoms with Gasteiger partial charge in [0.05, 0.1) is 11.0 Å². The standard InChI is InChI=1S/C12H10FNO3S2/c1-7(15)11-6-10(14(16)17)12(19-11)18-9-4-2-8(13)3-5-9/h2-7,15H,1H3/t7-/m1/s1. The lowest BCUT2D eigenvalue weighted by Gasteiger charge is -1.99. The Hall–Kier alpha value is -1.44. The van der Waals surface area contributed by atoms with Crippen LogP contribution in [0.1, 0.15) is 17.9 Å². The molecule has 0 bridgehead atoms. The van der Waals surface area contributed by atoms with Crippen LogP contribution in [0.15, 0.2) is 39.4 Å². The summed E-state index contributed by atoms with van der Waals surface area (Å²) in [5, 5.41) is 20.4. The van der Waals surface area contributed by atoms with Crippen LogP contribution < -0.4 is 0 Å². The minimum atomic E-state index is -0.744. The summed E-state index contributed by atoms with van der Waals surface area (Å²) in [7, 11) is 0. The number of rotatable bonds is 4. The van der Waals surface area contributed by atoms with Crippen LogP contribution in [-0.4, -0.2) is 10.0 Å². The molecule has 1 atom stereocenters. The minimum absolute atomic E-state index is 0.0322. The van der Waals surface area contributed by atoms with E-state index in [0.29, 0.717) is 14.0 Å². The summed E-state index contributed by atoms with van der Waals surface area (Å²) in [5.41, 5.74) is -0.0322. The predicted octanol–water partition coefficient (Wildman–Crippen LogP) is 4.00. The van der Waals surface area contributed by atoms with E-state index in [-0.39, 0.29) is 11.5 Å². The molecule has 4 nitrogen and oxygen atoms in total. The van der Waals surface area contributed by atoms with Crippen molar-refractivity contribution in [3.05, 3.63) is 51.1 Å². The van der Waals surface area contributed by atoms with Gasteiger partial charge >= 0.3 is 0 Å². The van der Waals surface area contributed by atoms with Gasteiger partial charge in [0.15, 0.2) is 0 Å². The Labute approximate surface area is 117 Å². The van der Waals surface area contributed by atoms with Gasteiger partial charge in [0, 0.05) is 15.8 Å². The highest BCUT2D eigenvalue weighted by Gasteiger charge is 2.21. The molecule has 1 aromatic heterocycles. The Morgan fingerprint density at radius 2 is 2.05 bits per heavy atom. The van der Waals surface area contributed by atoms with E-state index in [4.69, 9.17) is 0 Å². The molecule has 0 saturated carbocycles. The average molecular weight is 299 g/mol. The fourth-order valence-electron chi connectivity index (χ4n) is 1.40. The van der Waals surface area contributed by atoms with Crippen LogP contribution in [0.3, 0.4) is 0 Å². The van der Waals surface area contributed by atoms with E-state index in [2.05, 4.69) is 0 Å². The smallest absolute Gasteiger partial charge is 0.294 e. The third-order valence-electron chi connectivity index (χ3n) is 2.33. The zero-order valence-corrected chi connectivity index (χ0v) is 11.5. The largest absolute Gasteiger partial charge is 0.388 e. The SMILES string of the molecule is C[C@@H](O)c1cc([N+](=O)[O-])c(Sc2ccc(F)cc2)s1. The molecule has 0 aliphatic rings. The molecule has 0 saturated heterocycles.